The van der Waals surface area contributed by atoms with Gasteiger partial charge in [-0.25, -0.2) is 0 Å². The van der Waals surface area contributed by atoms with Gasteiger partial charge in [0, 0.05) is 30.9 Å². The number of rotatable bonds is 5. The monoisotopic (exact) mass is 276 g/mol. The van der Waals surface area contributed by atoms with Crippen molar-refractivity contribution in [2.45, 2.75) is 53.2 Å². The fourth-order valence-electron chi connectivity index (χ4n) is 2.49. The average molecular weight is 276 g/mol. The summed E-state index contributed by atoms with van der Waals surface area (Å²) in [5, 5.41) is 16.2. The molecule has 1 atom stereocenters. The summed E-state index contributed by atoms with van der Waals surface area (Å²) < 4.78 is 4.02. The van der Waals surface area contributed by atoms with Crippen LogP contribution in [0.1, 0.15) is 55.6 Å². The predicted octanol–water partition coefficient (Wildman–Crippen LogP) is 2.06. The summed E-state index contributed by atoms with van der Waals surface area (Å²) in [5.74, 6) is 0.941. The minimum atomic E-state index is 0.156. The van der Waals surface area contributed by atoms with Crippen molar-refractivity contribution in [2.24, 2.45) is 7.05 Å². The Morgan fingerprint density at radius 1 is 1.25 bits per heavy atom. The Labute approximate surface area is 120 Å². The van der Waals surface area contributed by atoms with Crippen LogP contribution in [-0.4, -0.2) is 24.5 Å². The highest BCUT2D eigenvalue weighted by atomic mass is 15.3. The molecule has 0 aliphatic heterocycles. The second-order valence-electron chi connectivity index (χ2n) is 5.59. The molecule has 6 heteroatoms. The summed E-state index contributed by atoms with van der Waals surface area (Å²) in [7, 11) is 1.96. The molecule has 1 N–H and O–H groups in total. The summed E-state index contributed by atoms with van der Waals surface area (Å²) in [6.45, 7) is 11.4. The first-order valence-electron chi connectivity index (χ1n) is 7.03. The second kappa shape index (κ2) is 5.75. The summed E-state index contributed by atoms with van der Waals surface area (Å²) in [6, 6.07) is 0.544. The molecule has 0 aliphatic rings. The standard InChI is InChI=1S/C14H24N6/c1-9(2)20-12(5)13(10(3)18-20)7-15-11(4)14-17-16-8-19(14)6/h8-9,11,15H,7H2,1-6H3. The average Bonchev–Trinajstić information content (AvgIpc) is 2.92. The van der Waals surface area contributed by atoms with E-state index in [2.05, 4.69) is 59.9 Å². The van der Waals surface area contributed by atoms with Gasteiger partial charge in [0.25, 0.3) is 0 Å². The number of nitrogens with zero attached hydrogens (tertiary/aromatic N) is 5. The van der Waals surface area contributed by atoms with Crippen LogP contribution in [0.4, 0.5) is 0 Å². The van der Waals surface area contributed by atoms with Gasteiger partial charge >= 0.3 is 0 Å². The van der Waals surface area contributed by atoms with Gasteiger partial charge in [-0.2, -0.15) is 5.10 Å². The van der Waals surface area contributed by atoms with Gasteiger partial charge in [-0.05, 0) is 34.6 Å². The van der Waals surface area contributed by atoms with Gasteiger partial charge in [-0.1, -0.05) is 0 Å². The summed E-state index contributed by atoms with van der Waals surface area (Å²) in [6.07, 6.45) is 1.72. The lowest BCUT2D eigenvalue weighted by Crippen LogP contribution is -2.21. The van der Waals surface area contributed by atoms with Crippen LogP contribution >= 0.6 is 0 Å². The zero-order valence-electron chi connectivity index (χ0n) is 13.2. The van der Waals surface area contributed by atoms with Crippen molar-refractivity contribution in [3.05, 3.63) is 29.1 Å². The van der Waals surface area contributed by atoms with Gasteiger partial charge in [0.15, 0.2) is 0 Å². The molecule has 2 aromatic heterocycles. The quantitative estimate of drug-likeness (QED) is 0.908. The molecule has 0 fully saturated rings. The van der Waals surface area contributed by atoms with E-state index in [9.17, 15) is 0 Å². The number of aryl methyl sites for hydroxylation is 2. The third-order valence-corrected chi connectivity index (χ3v) is 3.68. The minimum absolute atomic E-state index is 0.156. The maximum Gasteiger partial charge on any atom is 0.149 e. The van der Waals surface area contributed by atoms with E-state index in [-0.39, 0.29) is 6.04 Å². The van der Waals surface area contributed by atoms with E-state index < -0.39 is 0 Å². The van der Waals surface area contributed by atoms with Crippen LogP contribution in [0.2, 0.25) is 0 Å². The summed E-state index contributed by atoms with van der Waals surface area (Å²) in [5.41, 5.74) is 3.59. The molecule has 2 aromatic rings. The third kappa shape index (κ3) is 2.75. The molecule has 0 amide bonds. The van der Waals surface area contributed by atoms with Gasteiger partial charge in [-0.15, -0.1) is 10.2 Å². The Morgan fingerprint density at radius 2 is 1.95 bits per heavy atom. The number of nitrogens with one attached hydrogen (secondary N) is 1. The first-order valence-corrected chi connectivity index (χ1v) is 7.03. The lowest BCUT2D eigenvalue weighted by molar-refractivity contribution is 0.510. The van der Waals surface area contributed by atoms with Crippen molar-refractivity contribution in [3.8, 4) is 0 Å². The Hall–Kier alpha value is -1.69. The van der Waals surface area contributed by atoms with E-state index in [0.29, 0.717) is 6.04 Å². The topological polar surface area (TPSA) is 60.6 Å². The van der Waals surface area contributed by atoms with Crippen molar-refractivity contribution in [1.29, 1.82) is 0 Å². The third-order valence-electron chi connectivity index (χ3n) is 3.68. The largest absolute Gasteiger partial charge is 0.319 e. The highest BCUT2D eigenvalue weighted by molar-refractivity contribution is 5.24. The van der Waals surface area contributed by atoms with E-state index in [4.69, 9.17) is 0 Å². The lowest BCUT2D eigenvalue weighted by Gasteiger charge is -2.13. The van der Waals surface area contributed by atoms with Crippen molar-refractivity contribution < 1.29 is 0 Å². The predicted molar refractivity (Wildman–Crippen MR) is 78.3 cm³/mol. The molecular weight excluding hydrogens is 252 g/mol. The van der Waals surface area contributed by atoms with Crippen LogP contribution in [0.5, 0.6) is 0 Å². The Balaban J connectivity index is 2.10. The van der Waals surface area contributed by atoms with E-state index in [1.54, 1.807) is 6.33 Å². The molecule has 20 heavy (non-hydrogen) atoms. The van der Waals surface area contributed by atoms with Crippen LogP contribution in [-0.2, 0) is 13.6 Å². The van der Waals surface area contributed by atoms with E-state index in [1.165, 1.54) is 11.3 Å². The van der Waals surface area contributed by atoms with Gasteiger partial charge in [0.2, 0.25) is 0 Å². The smallest absolute Gasteiger partial charge is 0.149 e. The van der Waals surface area contributed by atoms with Crippen LogP contribution in [0.15, 0.2) is 6.33 Å². The van der Waals surface area contributed by atoms with Gasteiger partial charge in [0.1, 0.15) is 12.2 Å². The van der Waals surface area contributed by atoms with Crippen molar-refractivity contribution >= 4 is 0 Å². The minimum Gasteiger partial charge on any atom is -0.319 e. The first kappa shape index (κ1) is 14.7. The molecule has 110 valence electrons. The molecular formula is C14H24N6. The Morgan fingerprint density at radius 3 is 2.45 bits per heavy atom. The molecule has 0 aliphatic carbocycles. The summed E-state index contributed by atoms with van der Waals surface area (Å²) >= 11 is 0. The normalized spacial score (nSPS) is 13.2. The van der Waals surface area contributed by atoms with Crippen LogP contribution in [0.25, 0.3) is 0 Å². The molecule has 1 unspecified atom stereocenters. The van der Waals surface area contributed by atoms with Gasteiger partial charge in [-0.3, -0.25) is 4.68 Å². The molecule has 0 saturated carbocycles. The first-order chi connectivity index (χ1) is 9.41. The molecule has 0 spiro atoms. The SMILES string of the molecule is Cc1nn(C(C)C)c(C)c1CNC(C)c1nncn1C. The second-order valence-corrected chi connectivity index (χ2v) is 5.59. The summed E-state index contributed by atoms with van der Waals surface area (Å²) in [4.78, 5) is 0. The molecule has 0 aromatic carbocycles. The van der Waals surface area contributed by atoms with Crippen LogP contribution in [0, 0.1) is 13.8 Å². The van der Waals surface area contributed by atoms with E-state index in [0.717, 1.165) is 18.1 Å². The number of aromatic nitrogens is 5. The Kier molecular flexibility index (Phi) is 4.23. The van der Waals surface area contributed by atoms with Crippen LogP contribution in [0.3, 0.4) is 0 Å². The maximum absolute atomic E-state index is 4.61. The van der Waals surface area contributed by atoms with Crippen molar-refractivity contribution in [2.75, 3.05) is 0 Å². The van der Waals surface area contributed by atoms with Crippen molar-refractivity contribution in [3.63, 3.8) is 0 Å². The number of hydrogen-bond acceptors (Lipinski definition) is 4. The van der Waals surface area contributed by atoms with Crippen molar-refractivity contribution in [1.82, 2.24) is 29.9 Å². The highest BCUT2D eigenvalue weighted by Crippen LogP contribution is 2.18. The molecule has 6 nitrogen and oxygen atoms in total. The van der Waals surface area contributed by atoms with Gasteiger partial charge < -0.3 is 9.88 Å². The zero-order valence-corrected chi connectivity index (χ0v) is 13.2. The fourth-order valence-corrected chi connectivity index (χ4v) is 2.49. The molecule has 0 bridgehead atoms. The lowest BCUT2D eigenvalue weighted by atomic mass is 10.2. The zero-order chi connectivity index (χ0) is 14.9. The number of hydrogen-bond donors (Lipinski definition) is 1. The fraction of sp³-hybridized carbons (Fsp3) is 0.643. The molecule has 0 radical (unpaired) electrons. The molecule has 0 saturated heterocycles. The Bertz CT molecular complexity index is 580. The molecule has 2 rings (SSSR count). The van der Waals surface area contributed by atoms with E-state index >= 15 is 0 Å². The van der Waals surface area contributed by atoms with Gasteiger partial charge in [0.05, 0.1) is 11.7 Å². The van der Waals surface area contributed by atoms with Crippen LogP contribution < -0.4 is 5.32 Å². The molecule has 2 heterocycles. The van der Waals surface area contributed by atoms with E-state index in [1.807, 2.05) is 11.6 Å². The highest BCUT2D eigenvalue weighted by Gasteiger charge is 2.16. The maximum atomic E-state index is 4.61.